The maximum absolute atomic E-state index is 14.7. The summed E-state index contributed by atoms with van der Waals surface area (Å²) in [4.78, 5) is 18.0. The van der Waals surface area contributed by atoms with Crippen molar-refractivity contribution in [3.63, 3.8) is 0 Å². The van der Waals surface area contributed by atoms with Crippen LogP contribution < -0.4 is 0 Å². The SMILES string of the molecule is CC1C=CC=C(F)C1c1cc(-c2cncc(-c3cnn(C)c3)c2)c2nccnc2n1. The Balaban J connectivity index is 1.69. The normalized spacial score (nSPS) is 18.6. The topological polar surface area (TPSA) is 69.4 Å². The van der Waals surface area contributed by atoms with Gasteiger partial charge in [-0.3, -0.25) is 14.6 Å². The van der Waals surface area contributed by atoms with Crippen LogP contribution in [0.5, 0.6) is 0 Å². The predicted octanol–water partition coefficient (Wildman–Crippen LogP) is 4.63. The molecule has 5 rings (SSSR count). The Morgan fingerprint density at radius 2 is 1.83 bits per heavy atom. The van der Waals surface area contributed by atoms with Crippen molar-refractivity contribution in [2.75, 3.05) is 0 Å². The van der Waals surface area contributed by atoms with Gasteiger partial charge in [0.1, 0.15) is 11.3 Å². The van der Waals surface area contributed by atoms with Crippen molar-refractivity contribution < 1.29 is 4.39 Å². The zero-order chi connectivity index (χ0) is 20.7. The Kier molecular flexibility index (Phi) is 4.43. The van der Waals surface area contributed by atoms with Crippen LogP contribution >= 0.6 is 0 Å². The molecular formula is C23H19FN6. The van der Waals surface area contributed by atoms with Crippen LogP contribution in [-0.2, 0) is 7.05 Å². The largest absolute Gasteiger partial charge is 0.275 e. The molecule has 0 saturated carbocycles. The molecule has 6 nitrogen and oxygen atoms in total. The lowest BCUT2D eigenvalue weighted by molar-refractivity contribution is 0.469. The molecule has 7 heteroatoms. The van der Waals surface area contributed by atoms with Crippen LogP contribution in [0.3, 0.4) is 0 Å². The number of halogens is 1. The maximum Gasteiger partial charge on any atom is 0.179 e. The average Bonchev–Trinajstić information content (AvgIpc) is 3.19. The summed E-state index contributed by atoms with van der Waals surface area (Å²) in [6, 6.07) is 3.95. The molecule has 4 aromatic rings. The summed E-state index contributed by atoms with van der Waals surface area (Å²) in [5.74, 6) is -0.659. The fraction of sp³-hybridized carbons (Fsp3) is 0.174. The molecule has 0 aliphatic heterocycles. The second-order valence-corrected chi connectivity index (χ2v) is 7.46. The minimum atomic E-state index is -0.449. The zero-order valence-corrected chi connectivity index (χ0v) is 16.6. The quantitative estimate of drug-likeness (QED) is 0.503. The predicted molar refractivity (Wildman–Crippen MR) is 113 cm³/mol. The lowest BCUT2D eigenvalue weighted by Crippen LogP contribution is -2.13. The van der Waals surface area contributed by atoms with E-state index in [1.165, 1.54) is 6.08 Å². The molecule has 0 bridgehead atoms. The van der Waals surface area contributed by atoms with E-state index in [4.69, 9.17) is 0 Å². The molecule has 1 aliphatic carbocycles. The van der Waals surface area contributed by atoms with Gasteiger partial charge >= 0.3 is 0 Å². The molecule has 148 valence electrons. The van der Waals surface area contributed by atoms with Gasteiger partial charge in [-0.05, 0) is 24.1 Å². The van der Waals surface area contributed by atoms with E-state index in [1.54, 1.807) is 41.7 Å². The van der Waals surface area contributed by atoms with Gasteiger partial charge < -0.3 is 0 Å². The van der Waals surface area contributed by atoms with Gasteiger partial charge in [0.2, 0.25) is 0 Å². The Morgan fingerprint density at radius 1 is 1.00 bits per heavy atom. The van der Waals surface area contributed by atoms with Gasteiger partial charge in [-0.15, -0.1) is 0 Å². The smallest absolute Gasteiger partial charge is 0.179 e. The van der Waals surface area contributed by atoms with Gasteiger partial charge in [0.15, 0.2) is 5.65 Å². The van der Waals surface area contributed by atoms with Crippen molar-refractivity contribution in [3.05, 3.63) is 79.1 Å². The van der Waals surface area contributed by atoms with Crippen LogP contribution in [0.25, 0.3) is 33.4 Å². The summed E-state index contributed by atoms with van der Waals surface area (Å²) < 4.78 is 16.5. The molecule has 4 aromatic heterocycles. The zero-order valence-electron chi connectivity index (χ0n) is 16.6. The number of nitrogens with zero attached hydrogens (tertiary/aromatic N) is 6. The Labute approximate surface area is 172 Å². The summed E-state index contributed by atoms with van der Waals surface area (Å²) in [6.45, 7) is 1.99. The fourth-order valence-electron chi connectivity index (χ4n) is 3.87. The highest BCUT2D eigenvalue weighted by Gasteiger charge is 2.27. The first-order valence-corrected chi connectivity index (χ1v) is 9.70. The van der Waals surface area contributed by atoms with Gasteiger partial charge in [-0.25, -0.2) is 14.4 Å². The van der Waals surface area contributed by atoms with Crippen LogP contribution in [0.4, 0.5) is 4.39 Å². The first kappa shape index (κ1) is 18.3. The van der Waals surface area contributed by atoms with Crippen molar-refractivity contribution in [1.29, 1.82) is 0 Å². The van der Waals surface area contributed by atoms with E-state index in [9.17, 15) is 4.39 Å². The van der Waals surface area contributed by atoms with Crippen LogP contribution in [0.1, 0.15) is 18.5 Å². The molecular weight excluding hydrogens is 379 g/mol. The molecule has 2 atom stereocenters. The van der Waals surface area contributed by atoms with Crippen LogP contribution in [-0.4, -0.2) is 29.7 Å². The van der Waals surface area contributed by atoms with Gasteiger partial charge in [0, 0.05) is 60.3 Å². The summed E-state index contributed by atoms with van der Waals surface area (Å²) >= 11 is 0. The van der Waals surface area contributed by atoms with E-state index < -0.39 is 5.92 Å². The van der Waals surface area contributed by atoms with E-state index in [-0.39, 0.29) is 11.7 Å². The van der Waals surface area contributed by atoms with E-state index in [1.807, 2.05) is 38.4 Å². The Hall–Kier alpha value is -3.74. The van der Waals surface area contributed by atoms with Crippen molar-refractivity contribution in [2.24, 2.45) is 13.0 Å². The van der Waals surface area contributed by atoms with Gasteiger partial charge in [0.25, 0.3) is 0 Å². The first-order chi connectivity index (χ1) is 14.6. The van der Waals surface area contributed by atoms with E-state index >= 15 is 0 Å². The third-order valence-electron chi connectivity index (χ3n) is 5.36. The molecule has 0 amide bonds. The summed E-state index contributed by atoms with van der Waals surface area (Å²) in [7, 11) is 1.88. The molecule has 2 unspecified atom stereocenters. The van der Waals surface area contributed by atoms with Crippen LogP contribution in [0.2, 0.25) is 0 Å². The second-order valence-electron chi connectivity index (χ2n) is 7.46. The number of aryl methyl sites for hydroxylation is 1. The van der Waals surface area contributed by atoms with Crippen LogP contribution in [0.15, 0.2) is 73.4 Å². The fourth-order valence-corrected chi connectivity index (χ4v) is 3.87. The summed E-state index contributed by atoms with van der Waals surface area (Å²) in [5, 5.41) is 4.24. The monoisotopic (exact) mass is 398 g/mol. The van der Waals surface area contributed by atoms with Crippen LogP contribution in [0, 0.1) is 5.92 Å². The number of hydrogen-bond donors (Lipinski definition) is 0. The molecule has 1 aliphatic rings. The highest BCUT2D eigenvalue weighted by atomic mass is 19.1. The van der Waals surface area contributed by atoms with Gasteiger partial charge in [-0.2, -0.15) is 5.10 Å². The number of rotatable bonds is 3. The van der Waals surface area contributed by atoms with Crippen molar-refractivity contribution in [1.82, 2.24) is 29.7 Å². The molecule has 0 fully saturated rings. The lowest BCUT2D eigenvalue weighted by Gasteiger charge is -2.23. The Bertz CT molecular complexity index is 1310. The molecule has 0 radical (unpaired) electrons. The molecule has 4 heterocycles. The third kappa shape index (κ3) is 3.18. The average molecular weight is 398 g/mol. The van der Waals surface area contributed by atoms with Crippen molar-refractivity contribution in [2.45, 2.75) is 12.8 Å². The summed E-state index contributed by atoms with van der Waals surface area (Å²) in [5.41, 5.74) is 5.40. The van der Waals surface area contributed by atoms with Gasteiger partial charge in [0.05, 0.1) is 17.8 Å². The van der Waals surface area contributed by atoms with E-state index in [0.717, 1.165) is 22.3 Å². The minimum Gasteiger partial charge on any atom is -0.275 e. The number of pyridine rings is 2. The third-order valence-corrected chi connectivity index (χ3v) is 5.36. The minimum absolute atomic E-state index is 0.00989. The molecule has 0 aromatic carbocycles. The Morgan fingerprint density at radius 3 is 2.63 bits per heavy atom. The van der Waals surface area contributed by atoms with Crippen molar-refractivity contribution in [3.8, 4) is 22.3 Å². The number of allylic oxidation sites excluding steroid dienone is 4. The molecule has 0 spiro atoms. The number of fused-ring (bicyclic) bond motifs is 1. The van der Waals surface area contributed by atoms with E-state index in [0.29, 0.717) is 16.9 Å². The highest BCUT2D eigenvalue weighted by Crippen LogP contribution is 2.38. The number of aromatic nitrogens is 6. The molecule has 0 saturated heterocycles. The first-order valence-electron chi connectivity index (χ1n) is 9.70. The molecule has 0 N–H and O–H groups in total. The molecule has 30 heavy (non-hydrogen) atoms. The highest BCUT2D eigenvalue weighted by molar-refractivity contribution is 5.90. The van der Waals surface area contributed by atoms with Gasteiger partial charge in [-0.1, -0.05) is 19.1 Å². The standard InChI is InChI=1S/C23H19FN6/c1-14-4-3-5-19(24)21(14)20-9-18(22-23(29-20)27-7-6-26-22)16-8-15(10-25-11-16)17-12-28-30(2)13-17/h3-14,21H,1-2H3. The number of hydrogen-bond acceptors (Lipinski definition) is 5. The maximum atomic E-state index is 14.7. The summed E-state index contributed by atoms with van der Waals surface area (Å²) in [6.07, 6.45) is 15.8. The second kappa shape index (κ2) is 7.26. The van der Waals surface area contributed by atoms with Crippen molar-refractivity contribution >= 4 is 11.2 Å². The lowest BCUT2D eigenvalue weighted by atomic mass is 9.85. The van der Waals surface area contributed by atoms with E-state index in [2.05, 4.69) is 25.0 Å².